The first-order valence-electron chi connectivity index (χ1n) is 15.5. The number of anilines is 2. The number of carbonyl (C=O) groups excluding carboxylic acids is 2. The Morgan fingerprint density at radius 2 is 1.59 bits per heavy atom. The molecule has 2 heterocycles. The zero-order valence-corrected chi connectivity index (χ0v) is 27.1. The molecule has 0 saturated carbocycles. The molecule has 46 heavy (non-hydrogen) atoms. The fourth-order valence-electron chi connectivity index (χ4n) is 6.02. The number of likely N-dealkylation sites (tertiary alicyclic amines) is 1. The third-order valence-corrected chi connectivity index (χ3v) is 8.82. The Morgan fingerprint density at radius 1 is 0.978 bits per heavy atom. The van der Waals surface area contributed by atoms with E-state index in [4.69, 9.17) is 32.9 Å². The number of aryl methyl sites for hydroxylation is 2. The summed E-state index contributed by atoms with van der Waals surface area (Å²) in [6, 6.07) is 14.4. The number of nitrogens with one attached hydrogen (secondary N) is 2. The van der Waals surface area contributed by atoms with E-state index >= 15 is 0 Å². The van der Waals surface area contributed by atoms with Gasteiger partial charge in [-0.15, -0.1) is 0 Å². The summed E-state index contributed by atoms with van der Waals surface area (Å²) in [5, 5.41) is 14.6. The number of ether oxygens (including phenoxy) is 1. The number of hydrogen-bond donors (Lipinski definition) is 5. The van der Waals surface area contributed by atoms with Crippen LogP contribution in [0, 0.1) is 0 Å². The number of nitrogen functional groups attached to an aromatic ring is 2. The van der Waals surface area contributed by atoms with E-state index in [-0.39, 0.29) is 28.5 Å². The molecule has 0 bridgehead atoms. The van der Waals surface area contributed by atoms with Gasteiger partial charge in [0.2, 0.25) is 0 Å². The zero-order valence-electron chi connectivity index (χ0n) is 26.3. The number of quaternary nitrogens is 1. The zero-order chi connectivity index (χ0) is 33.3. The lowest BCUT2D eigenvalue weighted by Crippen LogP contribution is -2.60. The van der Waals surface area contributed by atoms with E-state index in [0.29, 0.717) is 5.56 Å². The number of nitrogens with zero attached hydrogens (tertiary/aromatic N) is 3. The van der Waals surface area contributed by atoms with Crippen molar-refractivity contribution in [3.63, 3.8) is 0 Å². The predicted octanol–water partition coefficient (Wildman–Crippen LogP) is 3.48. The van der Waals surface area contributed by atoms with Crippen LogP contribution in [-0.4, -0.2) is 82.7 Å². The Morgan fingerprint density at radius 3 is 2.17 bits per heavy atom. The smallest absolute Gasteiger partial charge is 0.325 e. The summed E-state index contributed by atoms with van der Waals surface area (Å²) in [5.41, 5.74) is 14.4. The van der Waals surface area contributed by atoms with Crippen LogP contribution in [0.3, 0.4) is 0 Å². The highest BCUT2D eigenvalue weighted by atomic mass is 35.5. The van der Waals surface area contributed by atoms with E-state index < -0.39 is 23.8 Å². The van der Waals surface area contributed by atoms with Crippen LogP contribution in [0.1, 0.15) is 64.6 Å². The Balaban J connectivity index is 1.41. The second-order valence-electron chi connectivity index (χ2n) is 11.9. The standard InChI is InChI=1S/C33H42ClN7O5/c1-21(33(44)45)37-31(42)24-13-9-22(10-14-24)6-3-17-41(18-4-7-23-11-15-26(46-2)16-12-23)19-5-8-25(20-41)38-32(43)27-29(35)40-30(36)28(34)39-27/h9-16,21,25H,3-8,17-20H2,1-2H3,(H6-,35,36,37,38,40,42,43,44,45)/p+1. The molecule has 0 radical (unpaired) electrons. The molecule has 7 N–H and O–H groups in total. The minimum atomic E-state index is -1.09. The van der Waals surface area contributed by atoms with Crippen molar-refractivity contribution in [2.24, 2.45) is 0 Å². The second-order valence-corrected chi connectivity index (χ2v) is 12.3. The first kappa shape index (κ1) is 34.5. The van der Waals surface area contributed by atoms with Crippen LogP contribution in [0.5, 0.6) is 5.75 Å². The first-order valence-corrected chi connectivity index (χ1v) is 15.9. The van der Waals surface area contributed by atoms with Crippen molar-refractivity contribution in [3.05, 3.63) is 76.1 Å². The van der Waals surface area contributed by atoms with Crippen molar-refractivity contribution in [1.29, 1.82) is 0 Å². The van der Waals surface area contributed by atoms with Crippen molar-refractivity contribution in [3.8, 4) is 5.75 Å². The highest BCUT2D eigenvalue weighted by Crippen LogP contribution is 2.24. The molecule has 13 heteroatoms. The molecule has 3 unspecified atom stereocenters. The quantitative estimate of drug-likeness (QED) is 0.163. The van der Waals surface area contributed by atoms with E-state index in [2.05, 4.69) is 32.7 Å². The molecule has 12 nitrogen and oxygen atoms in total. The van der Waals surface area contributed by atoms with E-state index in [1.165, 1.54) is 12.5 Å². The van der Waals surface area contributed by atoms with Crippen molar-refractivity contribution >= 4 is 41.0 Å². The van der Waals surface area contributed by atoms with Gasteiger partial charge in [-0.1, -0.05) is 35.9 Å². The Bertz CT molecular complexity index is 1520. The summed E-state index contributed by atoms with van der Waals surface area (Å²) in [6.45, 7) is 5.08. The molecule has 4 rings (SSSR count). The molecule has 246 valence electrons. The van der Waals surface area contributed by atoms with Crippen molar-refractivity contribution in [2.45, 2.75) is 57.5 Å². The van der Waals surface area contributed by atoms with Gasteiger partial charge in [-0.05, 0) is 68.0 Å². The summed E-state index contributed by atoms with van der Waals surface area (Å²) < 4.78 is 6.15. The van der Waals surface area contributed by atoms with Gasteiger partial charge in [0.25, 0.3) is 11.8 Å². The molecule has 1 fully saturated rings. The number of aromatic nitrogens is 2. The molecule has 0 aliphatic carbocycles. The highest BCUT2D eigenvalue weighted by Gasteiger charge is 2.35. The van der Waals surface area contributed by atoms with Gasteiger partial charge in [0.05, 0.1) is 39.3 Å². The number of benzene rings is 2. The van der Waals surface area contributed by atoms with Gasteiger partial charge in [-0.2, -0.15) is 0 Å². The van der Waals surface area contributed by atoms with Gasteiger partial charge in [0.15, 0.2) is 22.5 Å². The molecule has 2 aromatic carbocycles. The summed E-state index contributed by atoms with van der Waals surface area (Å²) in [4.78, 5) is 44.6. The normalized spacial score (nSPS) is 18.4. The number of methoxy groups -OCH3 is 1. The van der Waals surface area contributed by atoms with Crippen LogP contribution in [0.25, 0.3) is 0 Å². The second kappa shape index (κ2) is 15.7. The van der Waals surface area contributed by atoms with E-state index in [0.717, 1.165) is 80.5 Å². The van der Waals surface area contributed by atoms with E-state index in [1.807, 2.05) is 24.3 Å². The molecular weight excluding hydrogens is 610 g/mol. The van der Waals surface area contributed by atoms with Crippen LogP contribution < -0.4 is 26.8 Å². The molecule has 1 saturated heterocycles. The number of amides is 2. The molecular formula is C33H43ClN7O5+. The van der Waals surface area contributed by atoms with Gasteiger partial charge in [0.1, 0.15) is 11.8 Å². The number of hydrogen-bond acceptors (Lipinski definition) is 8. The van der Waals surface area contributed by atoms with Gasteiger partial charge >= 0.3 is 5.97 Å². The maximum atomic E-state index is 13.2. The summed E-state index contributed by atoms with van der Waals surface area (Å²) in [5.74, 6) is -1.17. The predicted molar refractivity (Wildman–Crippen MR) is 177 cm³/mol. The number of halogens is 1. The van der Waals surface area contributed by atoms with Crippen molar-refractivity contribution < 1.29 is 28.7 Å². The van der Waals surface area contributed by atoms with E-state index in [1.54, 1.807) is 19.2 Å². The summed E-state index contributed by atoms with van der Waals surface area (Å²) >= 11 is 6.02. The van der Waals surface area contributed by atoms with Crippen LogP contribution >= 0.6 is 11.6 Å². The van der Waals surface area contributed by atoms with E-state index in [9.17, 15) is 14.4 Å². The van der Waals surface area contributed by atoms with Crippen LogP contribution in [0.15, 0.2) is 48.5 Å². The Labute approximate surface area is 274 Å². The number of nitrogens with two attached hydrogens (primary N) is 2. The van der Waals surface area contributed by atoms with Crippen molar-refractivity contribution in [2.75, 3.05) is 44.8 Å². The minimum absolute atomic E-state index is 0.0217. The van der Waals surface area contributed by atoms with Gasteiger partial charge < -0.3 is 36.4 Å². The fourth-order valence-corrected chi connectivity index (χ4v) is 6.14. The Hall–Kier alpha value is -4.42. The molecule has 0 spiro atoms. The molecule has 1 aliphatic heterocycles. The number of carboxylic acids is 1. The summed E-state index contributed by atoms with van der Waals surface area (Å²) in [7, 11) is 1.66. The van der Waals surface area contributed by atoms with Crippen molar-refractivity contribution in [1.82, 2.24) is 20.6 Å². The maximum Gasteiger partial charge on any atom is 0.325 e. The number of carboxylic acid groups (broad SMARTS) is 1. The number of piperidine rings is 1. The largest absolute Gasteiger partial charge is 0.497 e. The first-order chi connectivity index (χ1) is 22.0. The lowest BCUT2D eigenvalue weighted by molar-refractivity contribution is -0.933. The SMILES string of the molecule is COc1ccc(CCC[N+]2(CCCc3ccc(C(=O)NC(C)C(=O)O)cc3)CCCC(NC(=O)c3nc(Cl)c(N)nc3N)C2)cc1. The molecule has 2 amide bonds. The maximum absolute atomic E-state index is 13.2. The fraction of sp³-hybridized carbons (Fsp3) is 0.424. The lowest BCUT2D eigenvalue weighted by Gasteiger charge is -2.45. The average molecular weight is 653 g/mol. The van der Waals surface area contributed by atoms with Crippen LogP contribution in [0.4, 0.5) is 11.6 Å². The van der Waals surface area contributed by atoms with Gasteiger partial charge in [0, 0.05) is 18.4 Å². The minimum Gasteiger partial charge on any atom is -0.497 e. The molecule has 3 aromatic rings. The monoisotopic (exact) mass is 652 g/mol. The number of aliphatic carboxylic acids is 1. The Kier molecular flexibility index (Phi) is 11.8. The number of carbonyl (C=O) groups is 3. The van der Waals surface area contributed by atoms with Gasteiger partial charge in [-0.25, -0.2) is 9.97 Å². The highest BCUT2D eigenvalue weighted by molar-refractivity contribution is 6.31. The molecule has 1 aromatic heterocycles. The topological polar surface area (TPSA) is 183 Å². The summed E-state index contributed by atoms with van der Waals surface area (Å²) in [6.07, 6.45) is 5.44. The third-order valence-electron chi connectivity index (χ3n) is 8.54. The third kappa shape index (κ3) is 9.30. The average Bonchev–Trinajstić information content (AvgIpc) is 3.03. The van der Waals surface area contributed by atoms with Crippen LogP contribution in [-0.2, 0) is 17.6 Å². The molecule has 1 aliphatic rings. The lowest BCUT2D eigenvalue weighted by atomic mass is 9.98. The van der Waals surface area contributed by atoms with Crippen LogP contribution in [0.2, 0.25) is 5.15 Å². The number of rotatable bonds is 14. The molecule has 3 atom stereocenters. The van der Waals surface area contributed by atoms with Gasteiger partial charge in [-0.3, -0.25) is 14.4 Å².